The van der Waals surface area contributed by atoms with Crippen LogP contribution in [0.25, 0.3) is 10.9 Å². The molecule has 1 aliphatic heterocycles. The van der Waals surface area contributed by atoms with Crippen molar-refractivity contribution in [3.8, 4) is 0 Å². The molecule has 6 rings (SSSR count). The number of H-pyrrole nitrogens is 1. The maximum Gasteiger partial charge on any atom is 0.321 e. The molecule has 1 saturated heterocycles. The van der Waals surface area contributed by atoms with Crippen molar-refractivity contribution in [2.45, 2.75) is 23.5 Å². The first-order chi connectivity index (χ1) is 16.7. The van der Waals surface area contributed by atoms with E-state index in [9.17, 15) is 21.6 Å². The molecule has 4 aromatic rings. The Morgan fingerprint density at radius 3 is 2.40 bits per heavy atom. The molecule has 0 unspecified atom stereocenters. The molecular formula is C20H16F4N8O2S. The van der Waals surface area contributed by atoms with Crippen molar-refractivity contribution in [1.82, 2.24) is 29.4 Å². The highest BCUT2D eigenvalue weighted by Crippen LogP contribution is 2.48. The summed E-state index contributed by atoms with van der Waals surface area (Å²) >= 11 is 0. The van der Waals surface area contributed by atoms with Gasteiger partial charge in [-0.2, -0.15) is 8.42 Å². The first-order valence-electron chi connectivity index (χ1n) is 10.5. The van der Waals surface area contributed by atoms with Crippen molar-refractivity contribution < 1.29 is 26.0 Å². The Balaban J connectivity index is 1.45. The summed E-state index contributed by atoms with van der Waals surface area (Å²) in [5, 5.41) is 9.29. The Morgan fingerprint density at radius 1 is 0.943 bits per heavy atom. The number of piperazine rings is 1. The van der Waals surface area contributed by atoms with Crippen LogP contribution in [0.4, 0.5) is 29.2 Å². The quantitative estimate of drug-likeness (QED) is 0.418. The molecule has 182 valence electrons. The lowest BCUT2D eigenvalue weighted by molar-refractivity contribution is 0.489. The minimum Gasteiger partial charge on any atom is -0.350 e. The number of fused-ring (bicyclic) bond motifs is 1. The van der Waals surface area contributed by atoms with E-state index in [1.807, 2.05) is 0 Å². The van der Waals surface area contributed by atoms with Crippen molar-refractivity contribution in [2.24, 2.45) is 0 Å². The summed E-state index contributed by atoms with van der Waals surface area (Å²) in [7, 11) is -4.47. The highest BCUT2D eigenvalue weighted by atomic mass is 32.2. The zero-order valence-electron chi connectivity index (χ0n) is 17.8. The van der Waals surface area contributed by atoms with E-state index in [4.69, 9.17) is 0 Å². The van der Waals surface area contributed by atoms with E-state index in [-0.39, 0.29) is 42.2 Å². The average Bonchev–Trinajstić information content (AvgIpc) is 3.21. The minimum atomic E-state index is -4.47. The van der Waals surface area contributed by atoms with Gasteiger partial charge in [0.25, 0.3) is 5.16 Å². The molecule has 0 radical (unpaired) electrons. The fourth-order valence-electron chi connectivity index (χ4n) is 4.59. The van der Waals surface area contributed by atoms with Gasteiger partial charge in [0.2, 0.25) is 0 Å². The number of hydrogen-bond acceptors (Lipinski definition) is 8. The second-order valence-electron chi connectivity index (χ2n) is 8.49. The number of halogens is 4. The van der Waals surface area contributed by atoms with E-state index in [0.717, 1.165) is 24.7 Å². The van der Waals surface area contributed by atoms with Crippen LogP contribution in [0.15, 0.2) is 35.9 Å². The Hall–Kier alpha value is -3.75. The summed E-state index contributed by atoms with van der Waals surface area (Å²) in [5.41, 5.74) is -0.908. The first-order valence-corrected chi connectivity index (χ1v) is 12.0. The summed E-state index contributed by atoms with van der Waals surface area (Å²) < 4.78 is 83.6. The summed E-state index contributed by atoms with van der Waals surface area (Å²) in [6.07, 6.45) is 3.26. The Labute approximate surface area is 195 Å². The SMILES string of the molecule is O=S(=O)(c1nc[nH]n1)n1nc(N2CCN(c3ncc(F)cc3F)CC23CC3)c2c(F)cc(F)cc21. The van der Waals surface area contributed by atoms with Crippen LogP contribution in [0.1, 0.15) is 12.8 Å². The predicted octanol–water partition coefficient (Wildman–Crippen LogP) is 2.20. The summed E-state index contributed by atoms with van der Waals surface area (Å²) in [5.74, 6) is -3.54. The van der Waals surface area contributed by atoms with Gasteiger partial charge >= 0.3 is 10.0 Å². The molecule has 35 heavy (non-hydrogen) atoms. The Bertz CT molecular complexity index is 1570. The third-order valence-electron chi connectivity index (χ3n) is 6.32. The van der Waals surface area contributed by atoms with Crippen LogP contribution in [0.3, 0.4) is 0 Å². The van der Waals surface area contributed by atoms with Crippen molar-refractivity contribution >= 4 is 32.6 Å². The molecule has 10 nitrogen and oxygen atoms in total. The molecule has 0 amide bonds. The fourth-order valence-corrected chi connectivity index (χ4v) is 5.69. The number of aromatic amines is 1. The predicted molar refractivity (Wildman–Crippen MR) is 114 cm³/mol. The lowest BCUT2D eigenvalue weighted by atomic mass is 10.1. The number of nitrogens with zero attached hydrogens (tertiary/aromatic N) is 7. The van der Waals surface area contributed by atoms with E-state index in [0.29, 0.717) is 23.0 Å². The zero-order chi connectivity index (χ0) is 24.5. The fraction of sp³-hybridized carbons (Fsp3) is 0.300. The third-order valence-corrected chi connectivity index (χ3v) is 7.71. The van der Waals surface area contributed by atoms with Crippen LogP contribution < -0.4 is 9.80 Å². The van der Waals surface area contributed by atoms with Crippen molar-refractivity contribution in [3.05, 3.63) is 54.0 Å². The van der Waals surface area contributed by atoms with Gasteiger partial charge in [0.15, 0.2) is 17.5 Å². The van der Waals surface area contributed by atoms with Gasteiger partial charge in [0.05, 0.1) is 22.6 Å². The first kappa shape index (κ1) is 21.8. The van der Waals surface area contributed by atoms with Gasteiger partial charge in [-0.3, -0.25) is 5.10 Å². The molecule has 1 N–H and O–H groups in total. The molecule has 3 aromatic heterocycles. The largest absolute Gasteiger partial charge is 0.350 e. The molecule has 2 fully saturated rings. The summed E-state index contributed by atoms with van der Waals surface area (Å²) in [6, 6.07) is 2.29. The van der Waals surface area contributed by atoms with Crippen LogP contribution in [0.2, 0.25) is 0 Å². The lowest BCUT2D eigenvalue weighted by Gasteiger charge is -2.43. The number of rotatable bonds is 4. The molecule has 1 aromatic carbocycles. The van der Waals surface area contributed by atoms with Crippen LogP contribution in [0.5, 0.6) is 0 Å². The van der Waals surface area contributed by atoms with Crippen LogP contribution in [-0.2, 0) is 10.0 Å². The normalized spacial score (nSPS) is 17.5. The average molecular weight is 508 g/mol. The lowest BCUT2D eigenvalue weighted by Crippen LogP contribution is -2.56. The van der Waals surface area contributed by atoms with Gasteiger partial charge in [0, 0.05) is 37.8 Å². The molecule has 1 saturated carbocycles. The Kier molecular flexibility index (Phi) is 4.58. The number of benzene rings is 1. The summed E-state index contributed by atoms with van der Waals surface area (Å²) in [6.45, 7) is 0.706. The number of hydrogen-bond donors (Lipinski definition) is 1. The number of aromatic nitrogens is 6. The van der Waals surface area contributed by atoms with E-state index in [2.05, 4.69) is 25.3 Å². The number of nitrogens with one attached hydrogen (secondary N) is 1. The zero-order valence-corrected chi connectivity index (χ0v) is 18.6. The highest BCUT2D eigenvalue weighted by molar-refractivity contribution is 7.89. The van der Waals surface area contributed by atoms with Gasteiger partial charge in [-0.15, -0.1) is 14.3 Å². The third kappa shape index (κ3) is 3.32. The second kappa shape index (κ2) is 7.37. The van der Waals surface area contributed by atoms with Gasteiger partial charge in [0.1, 0.15) is 23.8 Å². The maximum absolute atomic E-state index is 15.1. The van der Waals surface area contributed by atoms with Gasteiger partial charge in [-0.25, -0.2) is 27.5 Å². The Morgan fingerprint density at radius 2 is 1.71 bits per heavy atom. The van der Waals surface area contributed by atoms with E-state index >= 15 is 4.39 Å². The smallest absolute Gasteiger partial charge is 0.321 e. The van der Waals surface area contributed by atoms with Gasteiger partial charge in [-0.05, 0) is 12.8 Å². The molecule has 1 aliphatic carbocycles. The van der Waals surface area contributed by atoms with Crippen molar-refractivity contribution in [3.63, 3.8) is 0 Å². The molecule has 15 heteroatoms. The standard InChI is InChI=1S/C20H16F4N8O2S/c21-11-5-13(23)16-15(7-11)32(35(33,34)19-26-10-27-28-19)29-18(16)31-4-3-30(9-20(31)1-2-20)17-14(24)6-12(22)8-25-17/h5-8,10H,1-4,9H2,(H,26,27,28). The minimum absolute atomic E-state index is 0.00634. The highest BCUT2D eigenvalue weighted by Gasteiger charge is 2.53. The van der Waals surface area contributed by atoms with Crippen LogP contribution in [-0.4, -0.2) is 62.9 Å². The van der Waals surface area contributed by atoms with Crippen LogP contribution >= 0.6 is 0 Å². The monoisotopic (exact) mass is 508 g/mol. The van der Waals surface area contributed by atoms with E-state index in [1.165, 1.54) is 0 Å². The van der Waals surface area contributed by atoms with E-state index < -0.39 is 44.0 Å². The summed E-state index contributed by atoms with van der Waals surface area (Å²) in [4.78, 5) is 10.9. The molecule has 2 aliphatic rings. The van der Waals surface area contributed by atoms with Crippen LogP contribution in [0, 0.1) is 23.3 Å². The number of pyridine rings is 1. The second-order valence-corrected chi connectivity index (χ2v) is 10.2. The molecule has 4 heterocycles. The van der Waals surface area contributed by atoms with Gasteiger partial charge < -0.3 is 9.80 Å². The maximum atomic E-state index is 15.1. The molecule has 0 atom stereocenters. The van der Waals surface area contributed by atoms with E-state index in [1.54, 1.807) is 9.80 Å². The van der Waals surface area contributed by atoms with Crippen molar-refractivity contribution in [2.75, 3.05) is 29.4 Å². The topological polar surface area (TPSA) is 113 Å². The molecule has 0 bridgehead atoms. The van der Waals surface area contributed by atoms with Crippen molar-refractivity contribution in [1.29, 1.82) is 0 Å². The molecule has 1 spiro atoms. The van der Waals surface area contributed by atoms with Gasteiger partial charge in [-0.1, -0.05) is 0 Å². The molecular weight excluding hydrogens is 492 g/mol. The number of anilines is 2.